The third-order valence-corrected chi connectivity index (χ3v) is 8.82. The van der Waals surface area contributed by atoms with E-state index in [0.29, 0.717) is 19.1 Å². The van der Waals surface area contributed by atoms with Crippen LogP contribution in [0.4, 0.5) is 0 Å². The fourth-order valence-electron chi connectivity index (χ4n) is 3.68. The summed E-state index contributed by atoms with van der Waals surface area (Å²) in [6.07, 6.45) is 4.49. The number of hydrogen-bond donors (Lipinski definition) is 1. The minimum Gasteiger partial charge on any atom is -0.411 e. The van der Waals surface area contributed by atoms with E-state index in [9.17, 15) is 0 Å². The van der Waals surface area contributed by atoms with E-state index < -0.39 is 13.7 Å². The number of nitrogens with two attached hydrogens (primary N) is 1. The highest BCUT2D eigenvalue weighted by Crippen LogP contribution is 2.46. The molecule has 1 saturated heterocycles. The summed E-state index contributed by atoms with van der Waals surface area (Å²) in [7, 11) is -2.06. The molecule has 20 heavy (non-hydrogen) atoms. The fourth-order valence-corrected chi connectivity index (χ4v) is 7.94. The molecule has 0 radical (unpaired) electrons. The van der Waals surface area contributed by atoms with Gasteiger partial charge < -0.3 is 19.6 Å². The highest BCUT2D eigenvalue weighted by molar-refractivity contribution is 6.75. The lowest BCUT2D eigenvalue weighted by atomic mass is 9.96. The van der Waals surface area contributed by atoms with E-state index in [1.54, 1.807) is 0 Å². The van der Waals surface area contributed by atoms with Gasteiger partial charge in [0.15, 0.2) is 5.41 Å². The van der Waals surface area contributed by atoms with Crippen LogP contribution in [0.3, 0.4) is 0 Å². The van der Waals surface area contributed by atoms with Gasteiger partial charge in [-0.1, -0.05) is 6.42 Å². The Hall–Kier alpha value is 0.0569. The highest BCUT2D eigenvalue weighted by atomic mass is 28.4. The quantitative estimate of drug-likeness (QED) is 0.525. The van der Waals surface area contributed by atoms with Crippen molar-refractivity contribution in [3.8, 4) is 0 Å². The summed E-state index contributed by atoms with van der Waals surface area (Å²) in [5.41, 5.74) is 5.22. The summed E-state index contributed by atoms with van der Waals surface area (Å²) in [6.45, 7) is 11.3. The van der Waals surface area contributed by atoms with Gasteiger partial charge in [0.25, 0.3) is 8.32 Å². The largest absolute Gasteiger partial charge is 0.411 e. The van der Waals surface area contributed by atoms with E-state index >= 15 is 0 Å². The Labute approximate surface area is 125 Å². The van der Waals surface area contributed by atoms with E-state index in [2.05, 4.69) is 27.3 Å². The summed E-state index contributed by atoms with van der Waals surface area (Å²) >= 11 is 0. The molecule has 4 nitrogen and oxygen atoms in total. The summed E-state index contributed by atoms with van der Waals surface area (Å²) in [6, 6.07) is 1.12. The lowest BCUT2D eigenvalue weighted by Gasteiger charge is -2.52. The van der Waals surface area contributed by atoms with Gasteiger partial charge in [-0.25, -0.2) is 0 Å². The van der Waals surface area contributed by atoms with Crippen molar-refractivity contribution in [3.05, 3.63) is 0 Å². The lowest BCUT2D eigenvalue weighted by molar-refractivity contribution is -0.228. The molecule has 0 spiro atoms. The number of hydrogen-bond acceptors (Lipinski definition) is 4. The molecule has 0 saturated carbocycles. The van der Waals surface area contributed by atoms with E-state index in [-0.39, 0.29) is 0 Å². The summed E-state index contributed by atoms with van der Waals surface area (Å²) in [5, 5.41) is 0. The van der Waals surface area contributed by atoms with Crippen molar-refractivity contribution in [2.45, 2.75) is 64.5 Å². The molecular formula is C15H33NO3Si. The molecule has 120 valence electrons. The van der Waals surface area contributed by atoms with Crippen LogP contribution >= 0.6 is 0 Å². The Balaban J connectivity index is 3.07. The fraction of sp³-hybridized carbons (Fsp3) is 1.00. The van der Waals surface area contributed by atoms with Crippen molar-refractivity contribution in [3.63, 3.8) is 0 Å². The second kappa shape index (κ2) is 8.49. The lowest BCUT2D eigenvalue weighted by Crippen LogP contribution is -2.67. The maximum atomic E-state index is 6.26. The molecule has 2 atom stereocenters. The second-order valence-corrected chi connectivity index (χ2v) is 9.66. The van der Waals surface area contributed by atoms with Crippen molar-refractivity contribution >= 4 is 8.32 Å². The van der Waals surface area contributed by atoms with Gasteiger partial charge in [0.1, 0.15) is 0 Å². The number of rotatable bonds is 9. The van der Waals surface area contributed by atoms with Crippen molar-refractivity contribution in [1.29, 1.82) is 0 Å². The molecule has 2 N–H and O–H groups in total. The third-order valence-electron chi connectivity index (χ3n) is 4.42. The number of ether oxygens (including phenoxy) is 2. The predicted octanol–water partition coefficient (Wildman–Crippen LogP) is 3.06. The van der Waals surface area contributed by atoms with Crippen LogP contribution in [-0.2, 0) is 13.9 Å². The monoisotopic (exact) mass is 303 g/mol. The predicted molar refractivity (Wildman–Crippen MR) is 85.0 cm³/mol. The van der Waals surface area contributed by atoms with E-state index in [1.165, 1.54) is 6.42 Å². The Kier molecular flexibility index (Phi) is 7.68. The molecule has 0 aromatic rings. The van der Waals surface area contributed by atoms with Gasteiger partial charge >= 0.3 is 0 Å². The van der Waals surface area contributed by atoms with Crippen LogP contribution in [0.15, 0.2) is 0 Å². The van der Waals surface area contributed by atoms with Gasteiger partial charge in [-0.2, -0.15) is 0 Å². The molecule has 0 aliphatic carbocycles. The summed E-state index contributed by atoms with van der Waals surface area (Å²) < 4.78 is 18.8. The van der Waals surface area contributed by atoms with Crippen LogP contribution in [0.1, 0.15) is 46.5 Å². The maximum absolute atomic E-state index is 6.26. The zero-order valence-electron chi connectivity index (χ0n) is 13.7. The standard InChI is InChI=1S/C15H33NO3Si/c1-5-17-15(18-6-2)14(10-8-12-16)11-9-13-20(15,4)19-7-3/h14H,5-13,16H2,1-4H3. The normalized spacial score (nSPS) is 29.6. The van der Waals surface area contributed by atoms with Crippen LogP contribution in [-0.4, -0.2) is 40.1 Å². The topological polar surface area (TPSA) is 53.7 Å². The van der Waals surface area contributed by atoms with Crippen molar-refractivity contribution < 1.29 is 13.9 Å². The second-order valence-electron chi connectivity index (χ2n) is 5.72. The Morgan fingerprint density at radius 2 is 1.80 bits per heavy atom. The van der Waals surface area contributed by atoms with Crippen molar-refractivity contribution in [1.82, 2.24) is 0 Å². The van der Waals surface area contributed by atoms with E-state index in [1.807, 2.05) is 0 Å². The summed E-state index contributed by atoms with van der Waals surface area (Å²) in [5.74, 6) is 0.419. The summed E-state index contributed by atoms with van der Waals surface area (Å²) in [4.78, 5) is 0. The van der Waals surface area contributed by atoms with Gasteiger partial charge in [0.2, 0.25) is 0 Å². The molecule has 1 aliphatic heterocycles. The van der Waals surface area contributed by atoms with Gasteiger partial charge in [-0.15, -0.1) is 0 Å². The molecular weight excluding hydrogens is 270 g/mol. The zero-order valence-corrected chi connectivity index (χ0v) is 14.7. The van der Waals surface area contributed by atoms with Gasteiger partial charge in [0, 0.05) is 25.7 Å². The molecule has 1 rings (SSSR count). The molecule has 0 amide bonds. The van der Waals surface area contributed by atoms with E-state index in [4.69, 9.17) is 19.6 Å². The average Bonchev–Trinajstić information content (AvgIpc) is 2.41. The molecule has 0 bridgehead atoms. The van der Waals surface area contributed by atoms with Gasteiger partial charge in [-0.3, -0.25) is 0 Å². The zero-order chi connectivity index (χ0) is 15.1. The Morgan fingerprint density at radius 1 is 1.15 bits per heavy atom. The first kappa shape index (κ1) is 18.1. The van der Waals surface area contributed by atoms with Gasteiger partial charge in [-0.05, 0) is 59.2 Å². The maximum Gasteiger partial charge on any atom is 0.254 e. The SMILES string of the molecule is CCOC1(OCC)C(CCCN)CCC[Si]1(C)OCC. The smallest absolute Gasteiger partial charge is 0.254 e. The minimum absolute atomic E-state index is 0.419. The molecule has 0 aromatic carbocycles. The Bertz CT molecular complexity index is 268. The first-order chi connectivity index (χ1) is 9.60. The molecule has 5 heteroatoms. The van der Waals surface area contributed by atoms with E-state index in [0.717, 1.165) is 38.5 Å². The minimum atomic E-state index is -2.06. The van der Waals surface area contributed by atoms with Crippen LogP contribution < -0.4 is 5.73 Å². The van der Waals surface area contributed by atoms with Crippen LogP contribution in [0.25, 0.3) is 0 Å². The third kappa shape index (κ3) is 3.63. The van der Waals surface area contributed by atoms with Crippen LogP contribution in [0.5, 0.6) is 0 Å². The first-order valence-electron chi connectivity index (χ1n) is 8.22. The van der Waals surface area contributed by atoms with Gasteiger partial charge in [0.05, 0.1) is 0 Å². The van der Waals surface area contributed by atoms with Crippen LogP contribution in [0.2, 0.25) is 12.6 Å². The average molecular weight is 304 g/mol. The molecule has 1 aliphatic rings. The molecule has 2 unspecified atom stereocenters. The van der Waals surface area contributed by atoms with Crippen molar-refractivity contribution in [2.24, 2.45) is 11.7 Å². The highest BCUT2D eigenvalue weighted by Gasteiger charge is 2.60. The van der Waals surface area contributed by atoms with Crippen LogP contribution in [0, 0.1) is 5.92 Å². The molecule has 0 aromatic heterocycles. The molecule has 1 heterocycles. The molecule has 1 fully saturated rings. The Morgan fingerprint density at radius 3 is 2.30 bits per heavy atom. The first-order valence-corrected chi connectivity index (χ1v) is 10.8. The van der Waals surface area contributed by atoms with Crippen molar-refractivity contribution in [2.75, 3.05) is 26.4 Å².